The van der Waals surface area contributed by atoms with Gasteiger partial charge in [-0.2, -0.15) is 0 Å². The molecular weight excluding hydrogens is 364 g/mol. The van der Waals surface area contributed by atoms with Crippen molar-refractivity contribution >= 4 is 29.1 Å². The van der Waals surface area contributed by atoms with Crippen LogP contribution in [0.15, 0.2) is 42.5 Å². The lowest BCUT2D eigenvalue weighted by Gasteiger charge is -2.20. The lowest BCUT2D eigenvalue weighted by Crippen LogP contribution is -2.34. The van der Waals surface area contributed by atoms with Crippen LogP contribution >= 0.6 is 0 Å². The quantitative estimate of drug-likeness (QED) is 0.806. The number of carbonyl (C=O) groups is 3. The summed E-state index contributed by atoms with van der Waals surface area (Å²) in [5.41, 5.74) is 3.57. The zero-order valence-electron chi connectivity index (χ0n) is 16.6. The van der Waals surface area contributed by atoms with Gasteiger partial charge in [-0.05, 0) is 80.3 Å². The van der Waals surface area contributed by atoms with E-state index in [1.165, 1.54) is 4.90 Å². The summed E-state index contributed by atoms with van der Waals surface area (Å²) in [6.07, 6.45) is 3.07. The summed E-state index contributed by atoms with van der Waals surface area (Å²) >= 11 is 0. The van der Waals surface area contributed by atoms with Crippen LogP contribution in [0.1, 0.15) is 40.7 Å². The van der Waals surface area contributed by atoms with Gasteiger partial charge in [-0.1, -0.05) is 18.2 Å². The highest BCUT2D eigenvalue weighted by Crippen LogP contribution is 2.56. The number of aryl methyl sites for hydroxylation is 2. The number of nitrogens with zero attached hydrogens (tertiary/aromatic N) is 1. The third kappa shape index (κ3) is 2.79. The summed E-state index contributed by atoms with van der Waals surface area (Å²) in [5.74, 6) is -0.317. The van der Waals surface area contributed by atoms with Gasteiger partial charge in [-0.3, -0.25) is 14.4 Å². The van der Waals surface area contributed by atoms with Gasteiger partial charge < -0.3 is 5.32 Å². The summed E-state index contributed by atoms with van der Waals surface area (Å²) < 4.78 is 0. The van der Waals surface area contributed by atoms with Gasteiger partial charge in [0.25, 0.3) is 5.91 Å². The van der Waals surface area contributed by atoms with Crippen LogP contribution in [0.25, 0.3) is 0 Å². The minimum Gasteiger partial charge on any atom is -0.322 e. The first-order valence-electron chi connectivity index (χ1n) is 10.3. The van der Waals surface area contributed by atoms with Crippen LogP contribution in [0.3, 0.4) is 0 Å². The fourth-order valence-corrected chi connectivity index (χ4v) is 5.75. The van der Waals surface area contributed by atoms with Crippen molar-refractivity contribution in [3.63, 3.8) is 0 Å². The maximum atomic E-state index is 13.2. The molecule has 148 valence electrons. The molecule has 2 aliphatic carbocycles. The smallest absolute Gasteiger partial charge is 0.257 e. The maximum Gasteiger partial charge on any atom is 0.257 e. The number of benzene rings is 2. The first-order valence-corrected chi connectivity index (χ1v) is 10.3. The Hall–Kier alpha value is -2.95. The van der Waals surface area contributed by atoms with E-state index >= 15 is 0 Å². The molecule has 0 aromatic heterocycles. The molecule has 1 aliphatic heterocycles. The second-order valence-electron chi connectivity index (χ2n) is 8.74. The van der Waals surface area contributed by atoms with Crippen LogP contribution in [0, 0.1) is 37.5 Å². The maximum absolute atomic E-state index is 13.2. The Labute approximate surface area is 170 Å². The third-order valence-corrected chi connectivity index (χ3v) is 6.80. The van der Waals surface area contributed by atoms with Crippen LogP contribution in [0.2, 0.25) is 0 Å². The Morgan fingerprint density at radius 1 is 0.931 bits per heavy atom. The summed E-state index contributed by atoms with van der Waals surface area (Å²) in [6, 6.07) is 12.8. The normalized spacial score (nSPS) is 27.4. The van der Waals surface area contributed by atoms with Gasteiger partial charge in [0.05, 0.1) is 23.1 Å². The van der Waals surface area contributed by atoms with E-state index in [1.807, 2.05) is 32.0 Å². The Bertz CT molecular complexity index is 996. The molecule has 3 amide bonds. The summed E-state index contributed by atoms with van der Waals surface area (Å²) in [4.78, 5) is 40.7. The van der Waals surface area contributed by atoms with Gasteiger partial charge in [-0.25, -0.2) is 4.90 Å². The molecule has 5 heteroatoms. The lowest BCUT2D eigenvalue weighted by atomic mass is 9.81. The molecule has 5 rings (SSSR count). The summed E-state index contributed by atoms with van der Waals surface area (Å²) in [6.45, 7) is 3.95. The SMILES string of the molecule is Cc1cc(C)cc(NC(=O)c2ccccc2N2C(=O)[C@@H]3[C@H]4CC[C@@H](C4)[C@H]3C2=O)c1. The van der Waals surface area contributed by atoms with E-state index in [4.69, 9.17) is 0 Å². The lowest BCUT2D eigenvalue weighted by molar-refractivity contribution is -0.123. The number of hydrogen-bond acceptors (Lipinski definition) is 3. The molecule has 2 aromatic rings. The van der Waals surface area contributed by atoms with E-state index in [0.29, 0.717) is 28.8 Å². The van der Waals surface area contributed by atoms with E-state index in [-0.39, 0.29) is 29.6 Å². The Kier molecular flexibility index (Phi) is 4.09. The van der Waals surface area contributed by atoms with Gasteiger partial charge in [0, 0.05) is 5.69 Å². The minimum absolute atomic E-state index is 0.126. The molecule has 4 atom stereocenters. The van der Waals surface area contributed by atoms with Gasteiger partial charge >= 0.3 is 0 Å². The zero-order chi connectivity index (χ0) is 20.3. The van der Waals surface area contributed by atoms with E-state index in [9.17, 15) is 14.4 Å². The van der Waals surface area contributed by atoms with Crippen LogP contribution in [0.5, 0.6) is 0 Å². The first-order chi connectivity index (χ1) is 13.9. The second kappa shape index (κ2) is 6.55. The molecular formula is C24H24N2O3. The number of fused-ring (bicyclic) bond motifs is 5. The van der Waals surface area contributed by atoms with Gasteiger partial charge in [0.1, 0.15) is 0 Å². The highest BCUT2D eigenvalue weighted by molar-refractivity contribution is 6.25. The van der Waals surface area contributed by atoms with E-state index in [2.05, 4.69) is 5.32 Å². The predicted octanol–water partition coefficient (Wildman–Crippen LogP) is 4.09. The van der Waals surface area contributed by atoms with Crippen molar-refractivity contribution in [3.8, 4) is 0 Å². The molecule has 29 heavy (non-hydrogen) atoms. The average molecular weight is 388 g/mol. The number of anilines is 2. The van der Waals surface area contributed by atoms with Crippen molar-refractivity contribution < 1.29 is 14.4 Å². The topological polar surface area (TPSA) is 66.5 Å². The van der Waals surface area contributed by atoms with Crippen molar-refractivity contribution in [2.45, 2.75) is 33.1 Å². The number of amides is 3. The third-order valence-electron chi connectivity index (χ3n) is 6.80. The molecule has 1 N–H and O–H groups in total. The number of para-hydroxylation sites is 1. The van der Waals surface area contributed by atoms with Crippen LogP contribution in [0.4, 0.5) is 11.4 Å². The van der Waals surface area contributed by atoms with Gasteiger partial charge in [0.2, 0.25) is 11.8 Å². The van der Waals surface area contributed by atoms with Crippen LogP contribution < -0.4 is 10.2 Å². The summed E-state index contributed by atoms with van der Waals surface area (Å²) in [7, 11) is 0. The predicted molar refractivity (Wildman–Crippen MR) is 111 cm³/mol. The van der Waals surface area contributed by atoms with Crippen molar-refractivity contribution in [3.05, 3.63) is 59.2 Å². The molecule has 0 unspecified atom stereocenters. The minimum atomic E-state index is -0.314. The fourth-order valence-electron chi connectivity index (χ4n) is 5.75. The highest BCUT2D eigenvalue weighted by Gasteiger charge is 2.61. The first kappa shape index (κ1) is 18.1. The van der Waals surface area contributed by atoms with Gasteiger partial charge in [-0.15, -0.1) is 0 Å². The highest BCUT2D eigenvalue weighted by atomic mass is 16.2. The van der Waals surface area contributed by atoms with E-state index in [0.717, 1.165) is 30.4 Å². The number of imide groups is 1. The molecule has 3 fully saturated rings. The largest absolute Gasteiger partial charge is 0.322 e. The van der Waals surface area contributed by atoms with Crippen molar-refractivity contribution in [2.24, 2.45) is 23.7 Å². The number of rotatable bonds is 3. The van der Waals surface area contributed by atoms with Crippen LogP contribution in [-0.4, -0.2) is 17.7 Å². The summed E-state index contributed by atoms with van der Waals surface area (Å²) in [5, 5.41) is 2.93. The van der Waals surface area contributed by atoms with Crippen molar-refractivity contribution in [1.29, 1.82) is 0 Å². The molecule has 0 spiro atoms. The molecule has 1 saturated heterocycles. The van der Waals surface area contributed by atoms with E-state index < -0.39 is 0 Å². The van der Waals surface area contributed by atoms with Crippen LogP contribution in [-0.2, 0) is 9.59 Å². The average Bonchev–Trinajstić information content (AvgIpc) is 3.35. The fraction of sp³-hybridized carbons (Fsp3) is 0.375. The Morgan fingerprint density at radius 3 is 2.14 bits per heavy atom. The number of hydrogen-bond donors (Lipinski definition) is 1. The number of nitrogens with one attached hydrogen (secondary N) is 1. The monoisotopic (exact) mass is 388 g/mol. The Morgan fingerprint density at radius 2 is 1.52 bits per heavy atom. The van der Waals surface area contributed by atoms with Crippen molar-refractivity contribution in [1.82, 2.24) is 0 Å². The molecule has 2 saturated carbocycles. The molecule has 2 bridgehead atoms. The standard InChI is InChI=1S/C24H24N2O3/c1-13-9-14(2)11-17(10-13)25-22(27)18-5-3-4-6-19(18)26-23(28)20-15-7-8-16(12-15)21(20)24(26)29/h3-6,9-11,15-16,20-21H,7-8,12H2,1-2H3,(H,25,27)/t15-,16-,20+,21+/m0/s1. The number of carbonyl (C=O) groups excluding carboxylic acids is 3. The second-order valence-corrected chi connectivity index (χ2v) is 8.74. The van der Waals surface area contributed by atoms with E-state index in [1.54, 1.807) is 24.3 Å². The van der Waals surface area contributed by atoms with Gasteiger partial charge in [0.15, 0.2) is 0 Å². The molecule has 5 nitrogen and oxygen atoms in total. The van der Waals surface area contributed by atoms with Crippen molar-refractivity contribution in [2.75, 3.05) is 10.2 Å². The molecule has 2 aromatic carbocycles. The Balaban J connectivity index is 1.48. The molecule has 1 heterocycles. The molecule has 3 aliphatic rings. The molecule has 0 radical (unpaired) electrons. The zero-order valence-corrected chi connectivity index (χ0v) is 16.6.